The number of fused-ring (bicyclic) bond motifs is 1. The Bertz CT molecular complexity index is 658. The summed E-state index contributed by atoms with van der Waals surface area (Å²) >= 11 is 6.04. The van der Waals surface area contributed by atoms with Crippen molar-refractivity contribution in [1.29, 1.82) is 0 Å². The normalized spacial score (nSPS) is 12.8. The molecule has 0 saturated heterocycles. The lowest BCUT2D eigenvalue weighted by atomic mass is 10.1. The van der Waals surface area contributed by atoms with Crippen molar-refractivity contribution in [3.63, 3.8) is 0 Å². The second kappa shape index (κ2) is 5.43. The SMILES string of the molecule is O=C(Nc1ccccc1Cl)c1cccc2c1OCCN2. The molecule has 102 valence electrons. The van der Waals surface area contributed by atoms with Gasteiger partial charge in [-0.1, -0.05) is 29.8 Å². The first-order valence-corrected chi connectivity index (χ1v) is 6.69. The third-order valence-corrected chi connectivity index (χ3v) is 3.38. The Hall–Kier alpha value is -2.20. The minimum Gasteiger partial charge on any atom is -0.489 e. The summed E-state index contributed by atoms with van der Waals surface area (Å²) in [4.78, 5) is 12.4. The summed E-state index contributed by atoms with van der Waals surface area (Å²) in [6.45, 7) is 1.28. The molecule has 0 spiro atoms. The quantitative estimate of drug-likeness (QED) is 0.890. The van der Waals surface area contributed by atoms with Crippen LogP contribution in [0.15, 0.2) is 42.5 Å². The summed E-state index contributed by atoms with van der Waals surface area (Å²) in [5, 5.41) is 6.50. The molecule has 2 aromatic rings. The van der Waals surface area contributed by atoms with Crippen molar-refractivity contribution in [2.24, 2.45) is 0 Å². The number of benzene rings is 2. The molecule has 20 heavy (non-hydrogen) atoms. The summed E-state index contributed by atoms with van der Waals surface area (Å²) in [6.07, 6.45) is 0. The molecule has 1 heterocycles. The zero-order chi connectivity index (χ0) is 13.9. The molecule has 1 aliphatic heterocycles. The van der Waals surface area contributed by atoms with Crippen LogP contribution in [-0.4, -0.2) is 19.1 Å². The first-order chi connectivity index (χ1) is 9.75. The molecule has 0 fully saturated rings. The zero-order valence-electron chi connectivity index (χ0n) is 10.7. The lowest BCUT2D eigenvalue weighted by molar-refractivity contribution is 0.102. The van der Waals surface area contributed by atoms with E-state index in [1.165, 1.54) is 0 Å². The number of rotatable bonds is 2. The highest BCUT2D eigenvalue weighted by molar-refractivity contribution is 6.34. The number of anilines is 2. The standard InChI is InChI=1S/C15H13ClN2O2/c16-11-5-1-2-6-12(11)18-15(19)10-4-3-7-13-14(10)20-9-8-17-13/h1-7,17H,8-9H2,(H,18,19). The highest BCUT2D eigenvalue weighted by Crippen LogP contribution is 2.32. The molecule has 1 aliphatic rings. The summed E-state index contributed by atoms with van der Waals surface area (Å²) in [7, 11) is 0. The Kier molecular flexibility index (Phi) is 3.48. The Morgan fingerprint density at radius 2 is 2.05 bits per heavy atom. The monoisotopic (exact) mass is 288 g/mol. The summed E-state index contributed by atoms with van der Waals surface area (Å²) in [5.74, 6) is 0.349. The molecule has 5 heteroatoms. The topological polar surface area (TPSA) is 50.4 Å². The number of para-hydroxylation sites is 2. The Morgan fingerprint density at radius 3 is 2.90 bits per heavy atom. The minimum absolute atomic E-state index is 0.237. The van der Waals surface area contributed by atoms with Crippen molar-refractivity contribution < 1.29 is 9.53 Å². The van der Waals surface area contributed by atoms with Crippen molar-refractivity contribution in [2.45, 2.75) is 0 Å². The zero-order valence-corrected chi connectivity index (χ0v) is 11.4. The number of hydrogen-bond donors (Lipinski definition) is 2. The largest absolute Gasteiger partial charge is 0.489 e. The van der Waals surface area contributed by atoms with Crippen LogP contribution in [0.2, 0.25) is 5.02 Å². The van der Waals surface area contributed by atoms with Gasteiger partial charge in [-0.15, -0.1) is 0 Å². The van der Waals surface area contributed by atoms with Gasteiger partial charge in [0, 0.05) is 6.54 Å². The van der Waals surface area contributed by atoms with E-state index in [1.807, 2.05) is 24.3 Å². The predicted octanol–water partition coefficient (Wildman–Crippen LogP) is 3.40. The van der Waals surface area contributed by atoms with Crippen molar-refractivity contribution in [1.82, 2.24) is 0 Å². The van der Waals surface area contributed by atoms with Crippen molar-refractivity contribution in [2.75, 3.05) is 23.8 Å². The van der Waals surface area contributed by atoms with Gasteiger partial charge in [-0.25, -0.2) is 0 Å². The van der Waals surface area contributed by atoms with Crippen molar-refractivity contribution in [3.05, 3.63) is 53.1 Å². The fourth-order valence-corrected chi connectivity index (χ4v) is 2.28. The van der Waals surface area contributed by atoms with Gasteiger partial charge in [0.2, 0.25) is 0 Å². The van der Waals surface area contributed by atoms with Gasteiger partial charge in [-0.3, -0.25) is 4.79 Å². The molecular formula is C15H13ClN2O2. The van der Waals surface area contributed by atoms with Crippen LogP contribution in [0.1, 0.15) is 10.4 Å². The van der Waals surface area contributed by atoms with Crippen molar-refractivity contribution in [3.8, 4) is 5.75 Å². The lowest BCUT2D eigenvalue weighted by Crippen LogP contribution is -2.21. The summed E-state index contributed by atoms with van der Waals surface area (Å²) in [5.41, 5.74) is 1.92. The van der Waals surface area contributed by atoms with Gasteiger partial charge in [0.1, 0.15) is 6.61 Å². The highest BCUT2D eigenvalue weighted by Gasteiger charge is 2.19. The first-order valence-electron chi connectivity index (χ1n) is 6.31. The number of carbonyl (C=O) groups excluding carboxylic acids is 1. The van der Waals surface area contributed by atoms with E-state index in [1.54, 1.807) is 18.2 Å². The molecule has 0 aromatic heterocycles. The first kappa shape index (κ1) is 12.8. The molecule has 0 unspecified atom stereocenters. The number of carbonyl (C=O) groups is 1. The maximum atomic E-state index is 12.4. The van der Waals surface area contributed by atoms with Gasteiger partial charge < -0.3 is 15.4 Å². The number of ether oxygens (including phenoxy) is 1. The molecule has 0 aliphatic carbocycles. The van der Waals surface area contributed by atoms with Crippen LogP contribution in [0.5, 0.6) is 5.75 Å². The van der Waals surface area contributed by atoms with Gasteiger partial charge in [0.15, 0.2) is 5.75 Å². The summed E-state index contributed by atoms with van der Waals surface area (Å²) < 4.78 is 5.59. The molecular weight excluding hydrogens is 276 g/mol. The van der Waals surface area contributed by atoms with Gasteiger partial charge in [0.25, 0.3) is 5.91 Å². The van der Waals surface area contributed by atoms with Crippen LogP contribution in [0.4, 0.5) is 11.4 Å². The Morgan fingerprint density at radius 1 is 1.20 bits per heavy atom. The molecule has 0 atom stereocenters. The van der Waals surface area contributed by atoms with E-state index >= 15 is 0 Å². The lowest BCUT2D eigenvalue weighted by Gasteiger charge is -2.21. The second-order valence-corrected chi connectivity index (χ2v) is 4.80. The van der Waals surface area contributed by atoms with Crippen LogP contribution in [0.3, 0.4) is 0 Å². The Labute approximate surface area is 121 Å². The van der Waals surface area contributed by atoms with E-state index in [9.17, 15) is 4.79 Å². The number of halogens is 1. The van der Waals surface area contributed by atoms with E-state index in [2.05, 4.69) is 10.6 Å². The van der Waals surface area contributed by atoms with Crippen LogP contribution >= 0.6 is 11.6 Å². The van der Waals surface area contributed by atoms with E-state index in [-0.39, 0.29) is 5.91 Å². The van der Waals surface area contributed by atoms with Gasteiger partial charge in [-0.05, 0) is 24.3 Å². The minimum atomic E-state index is -0.237. The molecule has 0 bridgehead atoms. The van der Waals surface area contributed by atoms with E-state index < -0.39 is 0 Å². The predicted molar refractivity (Wildman–Crippen MR) is 79.8 cm³/mol. The third-order valence-electron chi connectivity index (χ3n) is 3.05. The third kappa shape index (κ3) is 2.42. The average molecular weight is 289 g/mol. The molecule has 2 aromatic carbocycles. The second-order valence-electron chi connectivity index (χ2n) is 4.39. The molecule has 3 rings (SSSR count). The Balaban J connectivity index is 1.90. The molecule has 1 amide bonds. The van der Waals surface area contributed by atoms with Crippen LogP contribution in [-0.2, 0) is 0 Å². The summed E-state index contributed by atoms with van der Waals surface area (Å²) in [6, 6.07) is 12.6. The maximum absolute atomic E-state index is 12.4. The van der Waals surface area contributed by atoms with E-state index in [0.29, 0.717) is 28.6 Å². The van der Waals surface area contributed by atoms with Gasteiger partial charge in [0.05, 0.1) is 22.0 Å². The van der Waals surface area contributed by atoms with Gasteiger partial charge in [-0.2, -0.15) is 0 Å². The van der Waals surface area contributed by atoms with E-state index in [0.717, 1.165) is 12.2 Å². The molecule has 0 radical (unpaired) electrons. The maximum Gasteiger partial charge on any atom is 0.259 e. The van der Waals surface area contributed by atoms with E-state index in [4.69, 9.17) is 16.3 Å². The highest BCUT2D eigenvalue weighted by atomic mass is 35.5. The average Bonchev–Trinajstić information content (AvgIpc) is 2.49. The van der Waals surface area contributed by atoms with Crippen LogP contribution in [0.25, 0.3) is 0 Å². The number of amides is 1. The van der Waals surface area contributed by atoms with Gasteiger partial charge >= 0.3 is 0 Å². The molecule has 2 N–H and O–H groups in total. The fraction of sp³-hybridized carbons (Fsp3) is 0.133. The molecule has 4 nitrogen and oxygen atoms in total. The van der Waals surface area contributed by atoms with Crippen LogP contribution in [0, 0.1) is 0 Å². The van der Waals surface area contributed by atoms with Crippen LogP contribution < -0.4 is 15.4 Å². The van der Waals surface area contributed by atoms with Crippen molar-refractivity contribution >= 4 is 28.9 Å². The number of nitrogens with one attached hydrogen (secondary N) is 2. The smallest absolute Gasteiger partial charge is 0.259 e. The molecule has 0 saturated carbocycles. The fourth-order valence-electron chi connectivity index (χ4n) is 2.10. The number of hydrogen-bond acceptors (Lipinski definition) is 3.